The van der Waals surface area contributed by atoms with E-state index in [-0.39, 0.29) is 0 Å². The fourth-order valence-electron chi connectivity index (χ4n) is 4.36. The maximum atomic E-state index is 9.91. The molecule has 0 bridgehead atoms. The van der Waals surface area contributed by atoms with Crippen LogP contribution in [0.1, 0.15) is 24.2 Å². The molecule has 0 unspecified atom stereocenters. The second-order valence-electron chi connectivity index (χ2n) is 8.54. The molecule has 0 radical (unpaired) electrons. The number of fused-ring (bicyclic) bond motifs is 3. The number of benzene rings is 2. The van der Waals surface area contributed by atoms with Gasteiger partial charge in [-0.3, -0.25) is 4.40 Å². The highest BCUT2D eigenvalue weighted by Gasteiger charge is 2.34. The van der Waals surface area contributed by atoms with E-state index in [1.54, 1.807) is 11.8 Å². The Morgan fingerprint density at radius 1 is 1.06 bits per heavy atom. The van der Waals surface area contributed by atoms with Gasteiger partial charge in [-0.1, -0.05) is 23.9 Å². The SMILES string of the molecule is CN(C)Cc1nnc2ccc3cc(Sc4cccc(C5(C#N)CCOCC5)c4)ccc3n12. The Labute approximate surface area is 191 Å². The predicted octanol–water partition coefficient (Wildman–Crippen LogP) is 4.67. The first kappa shape index (κ1) is 21.0. The van der Waals surface area contributed by atoms with E-state index in [4.69, 9.17) is 4.74 Å². The summed E-state index contributed by atoms with van der Waals surface area (Å²) in [7, 11) is 4.07. The largest absolute Gasteiger partial charge is 0.381 e. The molecule has 32 heavy (non-hydrogen) atoms. The summed E-state index contributed by atoms with van der Waals surface area (Å²) in [6.07, 6.45) is 1.50. The quantitative estimate of drug-likeness (QED) is 0.447. The monoisotopic (exact) mass is 443 g/mol. The van der Waals surface area contributed by atoms with Crippen LogP contribution in [0.4, 0.5) is 0 Å². The smallest absolute Gasteiger partial charge is 0.161 e. The molecule has 0 spiro atoms. The topological polar surface area (TPSA) is 66.5 Å². The average molecular weight is 444 g/mol. The lowest BCUT2D eigenvalue weighted by Gasteiger charge is -2.31. The summed E-state index contributed by atoms with van der Waals surface area (Å²) in [5, 5.41) is 19.8. The minimum absolute atomic E-state index is 0.443. The zero-order valence-electron chi connectivity index (χ0n) is 18.3. The van der Waals surface area contributed by atoms with Crippen molar-refractivity contribution >= 4 is 28.3 Å². The van der Waals surface area contributed by atoms with Gasteiger partial charge in [0.05, 0.1) is 23.5 Å². The number of aromatic nitrogens is 3. The lowest BCUT2D eigenvalue weighted by atomic mass is 9.75. The van der Waals surface area contributed by atoms with Crippen LogP contribution in [-0.2, 0) is 16.7 Å². The standard InChI is InChI=1S/C25H25N5OS/c1-29(2)16-24-28-27-23-9-6-18-14-21(7-8-22(18)30(23)24)32-20-5-3-4-19(15-20)25(17-26)10-12-31-13-11-25/h3-9,14-15H,10-13,16H2,1-2H3. The second-order valence-corrected chi connectivity index (χ2v) is 9.68. The van der Waals surface area contributed by atoms with Gasteiger partial charge in [-0.15, -0.1) is 10.2 Å². The van der Waals surface area contributed by atoms with Gasteiger partial charge >= 0.3 is 0 Å². The average Bonchev–Trinajstić information content (AvgIpc) is 3.22. The number of hydrogen-bond donors (Lipinski definition) is 0. The van der Waals surface area contributed by atoms with E-state index < -0.39 is 5.41 Å². The molecule has 0 amide bonds. The van der Waals surface area contributed by atoms with Crippen molar-refractivity contribution in [2.75, 3.05) is 27.3 Å². The predicted molar refractivity (Wildman–Crippen MR) is 126 cm³/mol. The molecule has 0 saturated carbocycles. The van der Waals surface area contributed by atoms with E-state index in [0.717, 1.165) is 57.1 Å². The van der Waals surface area contributed by atoms with Crippen molar-refractivity contribution in [3.63, 3.8) is 0 Å². The Kier molecular flexibility index (Phi) is 5.60. The minimum Gasteiger partial charge on any atom is -0.381 e. The highest BCUT2D eigenvalue weighted by atomic mass is 32.2. The van der Waals surface area contributed by atoms with E-state index in [1.807, 2.05) is 20.2 Å². The van der Waals surface area contributed by atoms with Crippen molar-refractivity contribution in [2.45, 2.75) is 34.6 Å². The van der Waals surface area contributed by atoms with Gasteiger partial charge in [0.25, 0.3) is 0 Å². The molecule has 2 aromatic heterocycles. The zero-order valence-corrected chi connectivity index (χ0v) is 19.1. The molecule has 5 rings (SSSR count). The Morgan fingerprint density at radius 2 is 1.88 bits per heavy atom. The molecule has 2 aromatic carbocycles. The summed E-state index contributed by atoms with van der Waals surface area (Å²) in [6, 6.07) is 21.6. The molecule has 0 atom stereocenters. The van der Waals surface area contributed by atoms with Crippen LogP contribution in [0, 0.1) is 11.3 Å². The first-order chi connectivity index (χ1) is 15.6. The minimum atomic E-state index is -0.443. The van der Waals surface area contributed by atoms with Crippen LogP contribution in [0.25, 0.3) is 16.6 Å². The lowest BCUT2D eigenvalue weighted by molar-refractivity contribution is 0.0675. The summed E-state index contributed by atoms with van der Waals surface area (Å²) < 4.78 is 7.63. The number of pyridine rings is 1. The molecule has 1 aliphatic rings. The maximum absolute atomic E-state index is 9.91. The fraction of sp³-hybridized carbons (Fsp3) is 0.320. The highest BCUT2D eigenvalue weighted by Crippen LogP contribution is 2.37. The molecular formula is C25H25N5OS. The summed E-state index contributed by atoms with van der Waals surface area (Å²) in [6.45, 7) is 2.02. The Morgan fingerprint density at radius 3 is 2.66 bits per heavy atom. The molecule has 162 valence electrons. The first-order valence-corrected chi connectivity index (χ1v) is 11.6. The van der Waals surface area contributed by atoms with Crippen molar-refractivity contribution in [2.24, 2.45) is 0 Å². The molecule has 6 nitrogen and oxygen atoms in total. The molecule has 0 N–H and O–H groups in total. The van der Waals surface area contributed by atoms with Gasteiger partial charge in [0.1, 0.15) is 0 Å². The Hall–Kier alpha value is -2.92. The molecule has 0 aliphatic carbocycles. The summed E-state index contributed by atoms with van der Waals surface area (Å²) in [5.41, 5.74) is 2.61. The van der Waals surface area contributed by atoms with E-state index in [2.05, 4.69) is 74.1 Å². The van der Waals surface area contributed by atoms with Crippen LogP contribution >= 0.6 is 11.8 Å². The number of hydrogen-bond acceptors (Lipinski definition) is 6. The number of nitriles is 1. The zero-order chi connectivity index (χ0) is 22.1. The normalized spacial score (nSPS) is 15.9. The second kappa shape index (κ2) is 8.55. The van der Waals surface area contributed by atoms with Crippen LogP contribution in [0.5, 0.6) is 0 Å². The van der Waals surface area contributed by atoms with Crippen molar-refractivity contribution in [1.82, 2.24) is 19.5 Å². The summed E-state index contributed by atoms with van der Waals surface area (Å²) in [5.74, 6) is 0.932. The fourth-order valence-corrected chi connectivity index (χ4v) is 5.29. The highest BCUT2D eigenvalue weighted by molar-refractivity contribution is 7.99. The van der Waals surface area contributed by atoms with Gasteiger partial charge in [-0.2, -0.15) is 5.26 Å². The van der Waals surface area contributed by atoms with Crippen molar-refractivity contribution in [3.8, 4) is 6.07 Å². The van der Waals surface area contributed by atoms with Crippen molar-refractivity contribution in [3.05, 3.63) is 66.0 Å². The van der Waals surface area contributed by atoms with E-state index >= 15 is 0 Å². The molecule has 1 fully saturated rings. The van der Waals surface area contributed by atoms with Gasteiger partial charge in [-0.25, -0.2) is 0 Å². The van der Waals surface area contributed by atoms with Crippen LogP contribution in [0.2, 0.25) is 0 Å². The van der Waals surface area contributed by atoms with Crippen LogP contribution < -0.4 is 0 Å². The van der Waals surface area contributed by atoms with Crippen LogP contribution in [0.15, 0.2) is 64.4 Å². The Bertz CT molecular complexity index is 1320. The Balaban J connectivity index is 1.47. The third kappa shape index (κ3) is 3.86. The van der Waals surface area contributed by atoms with Gasteiger partial charge in [-0.05, 0) is 80.4 Å². The van der Waals surface area contributed by atoms with Crippen LogP contribution in [0.3, 0.4) is 0 Å². The molecular weight excluding hydrogens is 418 g/mol. The van der Waals surface area contributed by atoms with E-state index in [0.29, 0.717) is 13.2 Å². The van der Waals surface area contributed by atoms with Crippen molar-refractivity contribution in [1.29, 1.82) is 5.26 Å². The maximum Gasteiger partial charge on any atom is 0.161 e. The van der Waals surface area contributed by atoms with Crippen LogP contribution in [-0.4, -0.2) is 46.8 Å². The van der Waals surface area contributed by atoms with E-state index in [9.17, 15) is 5.26 Å². The van der Waals surface area contributed by atoms with E-state index in [1.165, 1.54) is 0 Å². The van der Waals surface area contributed by atoms with Gasteiger partial charge < -0.3 is 9.64 Å². The first-order valence-electron chi connectivity index (χ1n) is 10.8. The molecule has 1 saturated heterocycles. The number of rotatable bonds is 5. The summed E-state index contributed by atoms with van der Waals surface area (Å²) in [4.78, 5) is 4.40. The molecule has 3 heterocycles. The molecule has 7 heteroatoms. The van der Waals surface area contributed by atoms with Gasteiger partial charge in [0.15, 0.2) is 11.5 Å². The third-order valence-corrected chi connectivity index (χ3v) is 7.03. The summed E-state index contributed by atoms with van der Waals surface area (Å²) >= 11 is 1.72. The van der Waals surface area contributed by atoms with Crippen molar-refractivity contribution < 1.29 is 4.74 Å². The van der Waals surface area contributed by atoms with Gasteiger partial charge in [0.2, 0.25) is 0 Å². The van der Waals surface area contributed by atoms with Gasteiger partial charge in [0, 0.05) is 23.0 Å². The molecule has 4 aromatic rings. The molecule has 1 aliphatic heterocycles. The lowest BCUT2D eigenvalue weighted by Crippen LogP contribution is -2.32. The number of nitrogens with zero attached hydrogens (tertiary/aromatic N) is 5. The third-order valence-electron chi connectivity index (χ3n) is 6.05. The number of ether oxygens (including phenoxy) is 1.